The van der Waals surface area contributed by atoms with E-state index in [1.807, 2.05) is 6.07 Å². The molecule has 116 valence electrons. The van der Waals surface area contributed by atoms with Crippen molar-refractivity contribution in [2.24, 2.45) is 0 Å². The molecule has 0 fully saturated rings. The van der Waals surface area contributed by atoms with Crippen LogP contribution in [0.5, 0.6) is 11.5 Å². The lowest BCUT2D eigenvalue weighted by molar-refractivity contribution is 0.0975. The zero-order chi connectivity index (χ0) is 16.4. The maximum Gasteiger partial charge on any atom is 0.184 e. The number of ketones is 1. The number of carbonyl (C=O) groups is 1. The zero-order valence-corrected chi connectivity index (χ0v) is 12.5. The number of aromatic hydroxyl groups is 2. The SMILES string of the molecule is CC(Nc1cc(O)c2cccnc2c1O)C(=O)c1ccccc1. The highest BCUT2D eigenvalue weighted by molar-refractivity contribution is 6.02. The van der Waals surface area contributed by atoms with Gasteiger partial charge in [0.1, 0.15) is 11.3 Å². The smallest absolute Gasteiger partial charge is 0.184 e. The summed E-state index contributed by atoms with van der Waals surface area (Å²) in [5.74, 6) is -0.204. The Morgan fingerprint density at radius 2 is 1.87 bits per heavy atom. The van der Waals surface area contributed by atoms with E-state index in [9.17, 15) is 15.0 Å². The number of hydrogen-bond donors (Lipinski definition) is 3. The van der Waals surface area contributed by atoms with Crippen LogP contribution in [0.1, 0.15) is 17.3 Å². The number of anilines is 1. The van der Waals surface area contributed by atoms with Crippen LogP contribution in [0.4, 0.5) is 5.69 Å². The van der Waals surface area contributed by atoms with Crippen LogP contribution < -0.4 is 5.32 Å². The fourth-order valence-electron chi connectivity index (χ4n) is 2.47. The van der Waals surface area contributed by atoms with Crippen LogP contribution in [0.3, 0.4) is 0 Å². The van der Waals surface area contributed by atoms with Gasteiger partial charge in [-0.15, -0.1) is 0 Å². The fraction of sp³-hybridized carbons (Fsp3) is 0.111. The average molecular weight is 308 g/mol. The van der Waals surface area contributed by atoms with Crippen LogP contribution in [-0.4, -0.2) is 27.0 Å². The van der Waals surface area contributed by atoms with Crippen LogP contribution in [-0.2, 0) is 0 Å². The summed E-state index contributed by atoms with van der Waals surface area (Å²) >= 11 is 0. The highest BCUT2D eigenvalue weighted by atomic mass is 16.3. The van der Waals surface area contributed by atoms with Crippen molar-refractivity contribution in [1.82, 2.24) is 4.98 Å². The Balaban J connectivity index is 1.92. The number of rotatable bonds is 4. The highest BCUT2D eigenvalue weighted by Gasteiger charge is 2.18. The van der Waals surface area contributed by atoms with Crippen molar-refractivity contribution in [2.75, 3.05) is 5.32 Å². The molecule has 3 aromatic rings. The van der Waals surface area contributed by atoms with Gasteiger partial charge in [-0.2, -0.15) is 0 Å². The van der Waals surface area contributed by atoms with Crippen LogP contribution in [0.15, 0.2) is 54.7 Å². The molecular weight excluding hydrogens is 292 g/mol. The largest absolute Gasteiger partial charge is 0.507 e. The van der Waals surface area contributed by atoms with Crippen molar-refractivity contribution in [2.45, 2.75) is 13.0 Å². The summed E-state index contributed by atoms with van der Waals surface area (Å²) in [6.45, 7) is 1.70. The maximum absolute atomic E-state index is 12.4. The van der Waals surface area contributed by atoms with E-state index < -0.39 is 6.04 Å². The number of nitrogens with one attached hydrogen (secondary N) is 1. The van der Waals surface area contributed by atoms with Gasteiger partial charge < -0.3 is 15.5 Å². The zero-order valence-electron chi connectivity index (χ0n) is 12.5. The molecule has 5 nitrogen and oxygen atoms in total. The molecule has 0 saturated carbocycles. The molecule has 0 aliphatic carbocycles. The van der Waals surface area contributed by atoms with Gasteiger partial charge in [-0.05, 0) is 19.1 Å². The van der Waals surface area contributed by atoms with Gasteiger partial charge in [-0.25, -0.2) is 0 Å². The predicted octanol–water partition coefficient (Wildman–Crippen LogP) is 3.33. The highest BCUT2D eigenvalue weighted by Crippen LogP contribution is 2.37. The van der Waals surface area contributed by atoms with E-state index in [2.05, 4.69) is 10.3 Å². The number of fused-ring (bicyclic) bond motifs is 1. The number of aromatic nitrogens is 1. The number of benzene rings is 2. The van der Waals surface area contributed by atoms with Crippen molar-refractivity contribution < 1.29 is 15.0 Å². The number of hydrogen-bond acceptors (Lipinski definition) is 5. The van der Waals surface area contributed by atoms with E-state index in [4.69, 9.17) is 0 Å². The first-order valence-corrected chi connectivity index (χ1v) is 7.23. The summed E-state index contributed by atoms with van der Waals surface area (Å²) in [5, 5.41) is 23.8. The Morgan fingerprint density at radius 3 is 2.61 bits per heavy atom. The van der Waals surface area contributed by atoms with Crippen molar-refractivity contribution in [3.8, 4) is 11.5 Å². The fourth-order valence-corrected chi connectivity index (χ4v) is 2.47. The Morgan fingerprint density at radius 1 is 1.13 bits per heavy atom. The second-order valence-corrected chi connectivity index (χ2v) is 5.29. The molecule has 0 amide bonds. The molecule has 3 rings (SSSR count). The molecule has 1 aromatic heterocycles. The lowest BCUT2D eigenvalue weighted by Gasteiger charge is -2.16. The summed E-state index contributed by atoms with van der Waals surface area (Å²) in [6.07, 6.45) is 1.53. The van der Waals surface area contributed by atoms with Gasteiger partial charge in [-0.1, -0.05) is 30.3 Å². The number of phenols is 2. The summed E-state index contributed by atoms with van der Waals surface area (Å²) in [7, 11) is 0. The Bertz CT molecular complexity index is 863. The molecule has 0 radical (unpaired) electrons. The molecule has 0 spiro atoms. The Labute approximate surface area is 133 Å². The van der Waals surface area contributed by atoms with E-state index in [0.29, 0.717) is 10.9 Å². The second kappa shape index (κ2) is 5.96. The molecule has 1 unspecified atom stereocenters. The predicted molar refractivity (Wildman–Crippen MR) is 88.9 cm³/mol. The topological polar surface area (TPSA) is 82.4 Å². The van der Waals surface area contributed by atoms with Gasteiger partial charge in [0, 0.05) is 23.2 Å². The molecule has 23 heavy (non-hydrogen) atoms. The van der Waals surface area contributed by atoms with Crippen LogP contribution in [0.25, 0.3) is 10.9 Å². The molecular formula is C18H16N2O3. The van der Waals surface area contributed by atoms with Crippen molar-refractivity contribution in [1.29, 1.82) is 0 Å². The monoisotopic (exact) mass is 308 g/mol. The standard InChI is InChI=1S/C18H16N2O3/c1-11(17(22)12-6-3-2-4-7-12)20-14-10-15(21)13-8-5-9-19-16(13)18(14)23/h2-11,20-21,23H,1H3. The minimum absolute atomic E-state index is 0.00670. The molecule has 2 aromatic carbocycles. The lowest BCUT2D eigenvalue weighted by Crippen LogP contribution is -2.26. The number of pyridine rings is 1. The molecule has 5 heteroatoms. The van der Waals surface area contributed by atoms with Gasteiger partial charge >= 0.3 is 0 Å². The maximum atomic E-state index is 12.4. The minimum atomic E-state index is -0.566. The van der Waals surface area contributed by atoms with E-state index in [1.165, 1.54) is 12.3 Å². The lowest BCUT2D eigenvalue weighted by atomic mass is 10.0. The summed E-state index contributed by atoms with van der Waals surface area (Å²) in [4.78, 5) is 16.5. The minimum Gasteiger partial charge on any atom is -0.507 e. The third-order valence-electron chi connectivity index (χ3n) is 3.67. The van der Waals surface area contributed by atoms with Gasteiger partial charge in [0.15, 0.2) is 11.5 Å². The summed E-state index contributed by atoms with van der Waals surface area (Å²) < 4.78 is 0. The third-order valence-corrected chi connectivity index (χ3v) is 3.67. The average Bonchev–Trinajstić information content (AvgIpc) is 2.59. The van der Waals surface area contributed by atoms with Crippen molar-refractivity contribution in [3.05, 3.63) is 60.3 Å². The molecule has 3 N–H and O–H groups in total. The van der Waals surface area contributed by atoms with E-state index >= 15 is 0 Å². The third kappa shape index (κ3) is 2.81. The molecule has 1 atom stereocenters. The number of nitrogens with zero attached hydrogens (tertiary/aromatic N) is 1. The van der Waals surface area contributed by atoms with Gasteiger partial charge in [0.25, 0.3) is 0 Å². The number of carbonyl (C=O) groups excluding carboxylic acids is 1. The molecule has 0 bridgehead atoms. The van der Waals surface area contributed by atoms with Crippen LogP contribution in [0, 0.1) is 0 Å². The molecule has 0 saturated heterocycles. The van der Waals surface area contributed by atoms with Crippen molar-refractivity contribution in [3.63, 3.8) is 0 Å². The first-order chi connectivity index (χ1) is 11.1. The summed E-state index contributed by atoms with van der Waals surface area (Å²) in [5.41, 5.74) is 1.13. The summed E-state index contributed by atoms with van der Waals surface area (Å²) in [6, 6.07) is 13.1. The molecule has 0 aliphatic heterocycles. The Hall–Kier alpha value is -3.08. The van der Waals surface area contributed by atoms with Crippen LogP contribution in [0.2, 0.25) is 0 Å². The van der Waals surface area contributed by atoms with E-state index in [0.717, 1.165) is 0 Å². The van der Waals surface area contributed by atoms with Gasteiger partial charge in [-0.3, -0.25) is 9.78 Å². The molecule has 0 aliphatic rings. The van der Waals surface area contributed by atoms with E-state index in [-0.39, 0.29) is 28.5 Å². The van der Waals surface area contributed by atoms with Gasteiger partial charge in [0.2, 0.25) is 0 Å². The first kappa shape index (κ1) is 14.8. The number of phenolic OH excluding ortho intramolecular Hbond substituents is 2. The van der Waals surface area contributed by atoms with Gasteiger partial charge in [0.05, 0.1) is 11.7 Å². The Kier molecular flexibility index (Phi) is 3.85. The second-order valence-electron chi connectivity index (χ2n) is 5.29. The van der Waals surface area contributed by atoms with Crippen LogP contribution >= 0.6 is 0 Å². The molecule has 1 heterocycles. The van der Waals surface area contributed by atoms with E-state index in [1.54, 1.807) is 43.3 Å². The first-order valence-electron chi connectivity index (χ1n) is 7.23. The number of Topliss-reactive ketones (excluding diaryl/α,β-unsaturated/α-hetero) is 1. The quantitative estimate of drug-likeness (QED) is 0.391. The van der Waals surface area contributed by atoms with Crippen molar-refractivity contribution >= 4 is 22.4 Å². The normalized spacial score (nSPS) is 12.0.